The average Bonchev–Trinajstić information content (AvgIpc) is 2.54. The third kappa shape index (κ3) is 7.39. The van der Waals surface area contributed by atoms with E-state index < -0.39 is 43.5 Å². The van der Waals surface area contributed by atoms with Gasteiger partial charge in [0.2, 0.25) is 5.82 Å². The molecule has 144 valence electrons. The van der Waals surface area contributed by atoms with Crippen molar-refractivity contribution in [1.82, 2.24) is 0 Å². The standard InChI is InChI=1S/C16H23F5O3Si/c17-12-11(13(18)15(20)16(21)14(12)19)9-7-5-3-1-2-4-6-8-10-25(22,23)24/h22-24H,1-10H2. The first-order valence-corrected chi connectivity index (χ1v) is 10.4. The highest BCUT2D eigenvalue weighted by molar-refractivity contribution is 6.56. The Morgan fingerprint density at radius 2 is 0.880 bits per heavy atom. The second-order valence-electron chi connectivity index (χ2n) is 6.15. The van der Waals surface area contributed by atoms with E-state index in [4.69, 9.17) is 14.4 Å². The molecule has 1 aromatic rings. The number of benzene rings is 1. The maximum absolute atomic E-state index is 13.5. The maximum atomic E-state index is 13.5. The van der Waals surface area contributed by atoms with Crippen molar-refractivity contribution < 1.29 is 36.3 Å². The lowest BCUT2D eigenvalue weighted by molar-refractivity contribution is 0.226. The molecular weight excluding hydrogens is 363 g/mol. The van der Waals surface area contributed by atoms with E-state index >= 15 is 0 Å². The van der Waals surface area contributed by atoms with Gasteiger partial charge < -0.3 is 14.4 Å². The quantitative estimate of drug-likeness (QED) is 0.177. The summed E-state index contributed by atoms with van der Waals surface area (Å²) in [6.45, 7) is 0. The number of hydrogen-bond acceptors (Lipinski definition) is 3. The molecule has 0 bridgehead atoms. The maximum Gasteiger partial charge on any atom is 0.492 e. The molecule has 3 N–H and O–H groups in total. The molecule has 0 spiro atoms. The van der Waals surface area contributed by atoms with Crippen molar-refractivity contribution in [3.63, 3.8) is 0 Å². The minimum Gasteiger partial charge on any atom is -0.390 e. The average molecular weight is 386 g/mol. The molecule has 3 nitrogen and oxygen atoms in total. The molecule has 0 fully saturated rings. The first-order valence-electron chi connectivity index (χ1n) is 8.32. The van der Waals surface area contributed by atoms with Crippen LogP contribution < -0.4 is 0 Å². The zero-order valence-corrected chi connectivity index (χ0v) is 14.8. The minimum atomic E-state index is -3.93. The summed E-state index contributed by atoms with van der Waals surface area (Å²) >= 11 is 0. The fraction of sp³-hybridized carbons (Fsp3) is 0.625. The Morgan fingerprint density at radius 1 is 0.520 bits per heavy atom. The molecule has 0 aliphatic heterocycles. The Balaban J connectivity index is 2.21. The summed E-state index contributed by atoms with van der Waals surface area (Å²) in [5, 5.41) is 0. The molecular formula is C16H23F5O3Si. The summed E-state index contributed by atoms with van der Waals surface area (Å²) in [7, 11) is -3.93. The second kappa shape index (κ2) is 10.2. The molecule has 1 rings (SSSR count). The van der Waals surface area contributed by atoms with Crippen molar-refractivity contribution in [3.8, 4) is 0 Å². The fourth-order valence-electron chi connectivity index (χ4n) is 2.59. The predicted molar refractivity (Wildman–Crippen MR) is 84.1 cm³/mol. The summed E-state index contributed by atoms with van der Waals surface area (Å²) < 4.78 is 65.9. The van der Waals surface area contributed by atoms with Crippen LogP contribution in [-0.4, -0.2) is 23.2 Å². The number of halogens is 5. The highest BCUT2D eigenvalue weighted by Gasteiger charge is 2.25. The molecule has 0 heterocycles. The van der Waals surface area contributed by atoms with E-state index in [0.717, 1.165) is 32.1 Å². The van der Waals surface area contributed by atoms with Crippen molar-refractivity contribution in [2.75, 3.05) is 0 Å². The van der Waals surface area contributed by atoms with E-state index in [1.807, 2.05) is 0 Å². The summed E-state index contributed by atoms with van der Waals surface area (Å²) in [5.41, 5.74) is -0.763. The van der Waals surface area contributed by atoms with Crippen LogP contribution in [0.25, 0.3) is 0 Å². The lowest BCUT2D eigenvalue weighted by Crippen LogP contribution is -2.33. The van der Waals surface area contributed by atoms with Crippen LogP contribution in [0, 0.1) is 29.1 Å². The van der Waals surface area contributed by atoms with Crippen LogP contribution in [-0.2, 0) is 6.42 Å². The van der Waals surface area contributed by atoms with Crippen molar-refractivity contribution in [1.29, 1.82) is 0 Å². The van der Waals surface area contributed by atoms with Crippen molar-refractivity contribution in [2.24, 2.45) is 0 Å². The van der Waals surface area contributed by atoms with Gasteiger partial charge in [0.05, 0.1) is 0 Å². The number of hydrogen-bond donors (Lipinski definition) is 3. The van der Waals surface area contributed by atoms with Gasteiger partial charge in [-0.25, -0.2) is 22.0 Å². The first kappa shape index (κ1) is 22.0. The molecule has 0 saturated heterocycles. The molecule has 0 radical (unpaired) electrons. The normalized spacial score (nSPS) is 12.0. The molecule has 0 aromatic heterocycles. The van der Waals surface area contributed by atoms with Gasteiger partial charge in [-0.1, -0.05) is 38.5 Å². The van der Waals surface area contributed by atoms with E-state index in [-0.39, 0.29) is 12.5 Å². The number of rotatable bonds is 11. The van der Waals surface area contributed by atoms with Gasteiger partial charge in [-0.15, -0.1) is 0 Å². The van der Waals surface area contributed by atoms with E-state index in [2.05, 4.69) is 0 Å². The van der Waals surface area contributed by atoms with Gasteiger partial charge in [0.15, 0.2) is 23.3 Å². The van der Waals surface area contributed by atoms with Gasteiger partial charge in [-0.05, 0) is 19.3 Å². The molecule has 0 unspecified atom stereocenters. The Hall–Kier alpha value is -1.03. The van der Waals surface area contributed by atoms with Gasteiger partial charge in [-0.3, -0.25) is 0 Å². The van der Waals surface area contributed by atoms with Crippen molar-refractivity contribution in [3.05, 3.63) is 34.6 Å². The van der Waals surface area contributed by atoms with Crippen molar-refractivity contribution in [2.45, 2.75) is 63.8 Å². The molecule has 0 saturated carbocycles. The molecule has 0 atom stereocenters. The van der Waals surface area contributed by atoms with Gasteiger partial charge in [0.1, 0.15) is 0 Å². The predicted octanol–water partition coefficient (Wildman–Crippen LogP) is 3.96. The molecule has 0 aliphatic rings. The van der Waals surface area contributed by atoms with E-state index in [1.54, 1.807) is 0 Å². The SMILES string of the molecule is O[Si](O)(O)CCCCCCCCCCc1c(F)c(F)c(F)c(F)c1F. The molecule has 1 aromatic carbocycles. The second-order valence-corrected chi connectivity index (χ2v) is 8.20. The summed E-state index contributed by atoms with van der Waals surface area (Å²) in [6.07, 6.45) is 5.41. The molecule has 25 heavy (non-hydrogen) atoms. The third-order valence-electron chi connectivity index (χ3n) is 3.99. The Morgan fingerprint density at radius 3 is 1.32 bits per heavy atom. The lowest BCUT2D eigenvalue weighted by atomic mass is 10.0. The van der Waals surface area contributed by atoms with Crippen LogP contribution in [0.1, 0.15) is 56.9 Å². The van der Waals surface area contributed by atoms with E-state index in [9.17, 15) is 22.0 Å². The monoisotopic (exact) mass is 386 g/mol. The highest BCUT2D eigenvalue weighted by atomic mass is 28.4. The zero-order chi connectivity index (χ0) is 19.0. The summed E-state index contributed by atoms with van der Waals surface area (Å²) in [4.78, 5) is 26.5. The summed E-state index contributed by atoms with van der Waals surface area (Å²) in [6, 6.07) is 0.0227. The van der Waals surface area contributed by atoms with E-state index in [1.165, 1.54) is 0 Å². The Bertz CT molecular complexity index is 535. The van der Waals surface area contributed by atoms with Gasteiger partial charge in [0.25, 0.3) is 0 Å². The van der Waals surface area contributed by atoms with Crippen LogP contribution in [0.3, 0.4) is 0 Å². The topological polar surface area (TPSA) is 60.7 Å². The fourth-order valence-corrected chi connectivity index (χ4v) is 3.32. The molecule has 0 amide bonds. The van der Waals surface area contributed by atoms with Crippen LogP contribution in [0.2, 0.25) is 6.04 Å². The van der Waals surface area contributed by atoms with Crippen molar-refractivity contribution >= 4 is 8.80 Å². The van der Waals surface area contributed by atoms with Crippen LogP contribution in [0.5, 0.6) is 0 Å². The molecule has 0 aliphatic carbocycles. The molecule has 9 heteroatoms. The van der Waals surface area contributed by atoms with Gasteiger partial charge in [0, 0.05) is 11.6 Å². The summed E-state index contributed by atoms with van der Waals surface area (Å²) in [5.74, 6) is -9.47. The first-order chi connectivity index (χ1) is 11.6. The third-order valence-corrected chi connectivity index (χ3v) is 5.01. The Labute approximate surface area is 144 Å². The highest BCUT2D eigenvalue weighted by Crippen LogP contribution is 2.24. The number of unbranched alkanes of at least 4 members (excludes halogenated alkanes) is 7. The van der Waals surface area contributed by atoms with Crippen LogP contribution in [0.4, 0.5) is 22.0 Å². The van der Waals surface area contributed by atoms with Crippen LogP contribution >= 0.6 is 0 Å². The van der Waals surface area contributed by atoms with Gasteiger partial charge in [-0.2, -0.15) is 0 Å². The Kier molecular flexibility index (Phi) is 8.98. The van der Waals surface area contributed by atoms with Gasteiger partial charge >= 0.3 is 8.80 Å². The smallest absolute Gasteiger partial charge is 0.390 e. The minimum absolute atomic E-state index is 0.0227. The lowest BCUT2D eigenvalue weighted by Gasteiger charge is -2.09. The van der Waals surface area contributed by atoms with E-state index in [0.29, 0.717) is 19.3 Å². The zero-order valence-electron chi connectivity index (χ0n) is 13.8. The largest absolute Gasteiger partial charge is 0.492 e. The van der Waals surface area contributed by atoms with Crippen LogP contribution in [0.15, 0.2) is 0 Å².